The Bertz CT molecular complexity index is 627. The van der Waals surface area contributed by atoms with Crippen molar-refractivity contribution in [2.45, 2.75) is 32.4 Å². The Kier molecular flexibility index (Phi) is 6.10. The molecule has 1 aromatic heterocycles. The lowest BCUT2D eigenvalue weighted by molar-refractivity contribution is 0.160. The van der Waals surface area contributed by atoms with Crippen molar-refractivity contribution in [2.75, 3.05) is 6.54 Å². The summed E-state index contributed by atoms with van der Waals surface area (Å²) in [4.78, 5) is 11.6. The van der Waals surface area contributed by atoms with Crippen LogP contribution in [0.4, 0.5) is 9.18 Å². The molecule has 124 valence electrons. The third-order valence-corrected chi connectivity index (χ3v) is 3.29. The molecule has 7 heteroatoms. The van der Waals surface area contributed by atoms with Crippen molar-refractivity contribution < 1.29 is 14.3 Å². The minimum atomic E-state index is -0.525. The summed E-state index contributed by atoms with van der Waals surface area (Å²) in [6.45, 7) is 2.47. The molecule has 6 nitrogen and oxygen atoms in total. The first-order valence-electron chi connectivity index (χ1n) is 7.58. The van der Waals surface area contributed by atoms with Gasteiger partial charge in [0.25, 0.3) is 0 Å². The number of carbonyl (C=O) groups excluding carboxylic acids is 1. The molecule has 0 saturated heterocycles. The van der Waals surface area contributed by atoms with E-state index in [9.17, 15) is 14.3 Å². The van der Waals surface area contributed by atoms with Gasteiger partial charge in [0.1, 0.15) is 5.82 Å². The highest BCUT2D eigenvalue weighted by atomic mass is 19.1. The van der Waals surface area contributed by atoms with E-state index in [-0.39, 0.29) is 24.9 Å². The topological polar surface area (TPSA) is 79.2 Å². The Morgan fingerprint density at radius 1 is 1.30 bits per heavy atom. The van der Waals surface area contributed by atoms with Gasteiger partial charge in [-0.3, -0.25) is 0 Å². The van der Waals surface area contributed by atoms with Crippen LogP contribution in [0.15, 0.2) is 36.5 Å². The summed E-state index contributed by atoms with van der Waals surface area (Å²) in [7, 11) is 0. The van der Waals surface area contributed by atoms with Gasteiger partial charge in [-0.1, -0.05) is 13.3 Å². The standard InChI is InChI=1S/C16H21FN4O2/c1-2-3-15(22)11-19-16(23)18-10-13-8-9-21(20-13)14-6-4-12(17)5-7-14/h4-9,15,22H,2-3,10-11H2,1H3,(H2,18,19,23). The van der Waals surface area contributed by atoms with Gasteiger partial charge in [0, 0.05) is 12.7 Å². The lowest BCUT2D eigenvalue weighted by Crippen LogP contribution is -2.39. The monoisotopic (exact) mass is 320 g/mol. The fourth-order valence-electron chi connectivity index (χ4n) is 2.07. The van der Waals surface area contributed by atoms with Crippen LogP contribution >= 0.6 is 0 Å². The summed E-state index contributed by atoms with van der Waals surface area (Å²) >= 11 is 0. The number of nitrogens with one attached hydrogen (secondary N) is 2. The molecule has 0 aliphatic carbocycles. The molecule has 0 bridgehead atoms. The maximum Gasteiger partial charge on any atom is 0.315 e. The molecular weight excluding hydrogens is 299 g/mol. The van der Waals surface area contributed by atoms with E-state index >= 15 is 0 Å². The van der Waals surface area contributed by atoms with Crippen LogP contribution in [0.3, 0.4) is 0 Å². The Morgan fingerprint density at radius 2 is 2.04 bits per heavy atom. The van der Waals surface area contributed by atoms with Crippen LogP contribution in [0.25, 0.3) is 5.69 Å². The highest BCUT2D eigenvalue weighted by molar-refractivity contribution is 5.73. The van der Waals surface area contributed by atoms with Crippen LogP contribution in [0.2, 0.25) is 0 Å². The second kappa shape index (κ2) is 8.28. The molecule has 0 spiro atoms. The van der Waals surface area contributed by atoms with E-state index in [1.165, 1.54) is 12.1 Å². The second-order valence-corrected chi connectivity index (χ2v) is 5.23. The number of urea groups is 1. The Hall–Kier alpha value is -2.41. The van der Waals surface area contributed by atoms with E-state index in [1.54, 1.807) is 29.1 Å². The number of aliphatic hydroxyl groups excluding tert-OH is 1. The number of hydrogen-bond donors (Lipinski definition) is 3. The summed E-state index contributed by atoms with van der Waals surface area (Å²) in [6, 6.07) is 7.41. The van der Waals surface area contributed by atoms with Crippen molar-refractivity contribution >= 4 is 6.03 Å². The van der Waals surface area contributed by atoms with Crippen molar-refractivity contribution in [3.63, 3.8) is 0 Å². The molecule has 2 rings (SSSR count). The van der Waals surface area contributed by atoms with Crippen LogP contribution in [-0.2, 0) is 6.54 Å². The number of carbonyl (C=O) groups is 1. The van der Waals surface area contributed by atoms with E-state index in [0.29, 0.717) is 12.1 Å². The van der Waals surface area contributed by atoms with Gasteiger partial charge >= 0.3 is 6.03 Å². The van der Waals surface area contributed by atoms with E-state index in [2.05, 4.69) is 15.7 Å². The van der Waals surface area contributed by atoms with Gasteiger partial charge in [0.15, 0.2) is 0 Å². The average molecular weight is 320 g/mol. The van der Waals surface area contributed by atoms with Crippen LogP contribution < -0.4 is 10.6 Å². The van der Waals surface area contributed by atoms with E-state index in [4.69, 9.17) is 0 Å². The fourth-order valence-corrected chi connectivity index (χ4v) is 2.07. The Morgan fingerprint density at radius 3 is 2.74 bits per heavy atom. The average Bonchev–Trinajstić information content (AvgIpc) is 3.01. The summed E-state index contributed by atoms with van der Waals surface area (Å²) in [6.07, 6.45) is 2.74. The Labute approximate surface area is 134 Å². The summed E-state index contributed by atoms with van der Waals surface area (Å²) in [5, 5.41) is 19.1. The summed E-state index contributed by atoms with van der Waals surface area (Å²) in [5.74, 6) is -0.301. The van der Waals surface area contributed by atoms with Gasteiger partial charge < -0.3 is 15.7 Å². The number of hydrogen-bond acceptors (Lipinski definition) is 3. The van der Waals surface area contributed by atoms with Crippen LogP contribution in [0.1, 0.15) is 25.5 Å². The number of aromatic nitrogens is 2. The molecule has 0 radical (unpaired) electrons. The van der Waals surface area contributed by atoms with E-state index < -0.39 is 6.10 Å². The normalized spacial score (nSPS) is 12.0. The maximum atomic E-state index is 12.9. The predicted octanol–water partition coefficient (Wildman–Crippen LogP) is 1.97. The molecule has 0 aliphatic rings. The van der Waals surface area contributed by atoms with Gasteiger partial charge in [-0.05, 0) is 36.8 Å². The third-order valence-electron chi connectivity index (χ3n) is 3.29. The van der Waals surface area contributed by atoms with Crippen molar-refractivity contribution in [3.8, 4) is 5.69 Å². The van der Waals surface area contributed by atoms with Crippen molar-refractivity contribution in [1.29, 1.82) is 0 Å². The molecule has 0 saturated carbocycles. The van der Waals surface area contributed by atoms with Crippen molar-refractivity contribution in [1.82, 2.24) is 20.4 Å². The molecule has 0 aliphatic heterocycles. The zero-order valence-corrected chi connectivity index (χ0v) is 13.0. The number of nitrogens with zero attached hydrogens (tertiary/aromatic N) is 2. The van der Waals surface area contributed by atoms with Gasteiger partial charge in [0.05, 0.1) is 24.0 Å². The number of benzene rings is 1. The highest BCUT2D eigenvalue weighted by Crippen LogP contribution is 2.08. The van der Waals surface area contributed by atoms with Crippen LogP contribution in [0, 0.1) is 5.82 Å². The molecule has 2 aromatic rings. The van der Waals surface area contributed by atoms with Crippen LogP contribution in [-0.4, -0.2) is 33.6 Å². The third kappa shape index (κ3) is 5.37. The molecule has 1 aromatic carbocycles. The zero-order chi connectivity index (χ0) is 16.7. The lowest BCUT2D eigenvalue weighted by atomic mass is 10.2. The maximum absolute atomic E-state index is 12.9. The zero-order valence-electron chi connectivity index (χ0n) is 13.0. The van der Waals surface area contributed by atoms with Crippen molar-refractivity contribution in [2.24, 2.45) is 0 Å². The SMILES string of the molecule is CCCC(O)CNC(=O)NCc1ccn(-c2ccc(F)cc2)n1. The number of amides is 2. The molecule has 2 amide bonds. The Balaban J connectivity index is 1.80. The fraction of sp³-hybridized carbons (Fsp3) is 0.375. The van der Waals surface area contributed by atoms with E-state index in [1.807, 2.05) is 6.92 Å². The van der Waals surface area contributed by atoms with Gasteiger partial charge in [-0.25, -0.2) is 13.9 Å². The molecule has 1 atom stereocenters. The number of aliphatic hydroxyl groups is 1. The molecule has 0 fully saturated rings. The number of rotatable bonds is 7. The van der Waals surface area contributed by atoms with Crippen molar-refractivity contribution in [3.05, 3.63) is 48.0 Å². The van der Waals surface area contributed by atoms with Gasteiger partial charge in [-0.2, -0.15) is 5.10 Å². The molecule has 3 N–H and O–H groups in total. The first-order chi connectivity index (χ1) is 11.1. The summed E-state index contributed by atoms with van der Waals surface area (Å²) < 4.78 is 14.5. The van der Waals surface area contributed by atoms with Gasteiger partial charge in [-0.15, -0.1) is 0 Å². The minimum Gasteiger partial charge on any atom is -0.391 e. The molecule has 1 heterocycles. The lowest BCUT2D eigenvalue weighted by Gasteiger charge is -2.11. The molecule has 1 unspecified atom stereocenters. The highest BCUT2D eigenvalue weighted by Gasteiger charge is 2.07. The summed E-state index contributed by atoms with van der Waals surface area (Å²) in [5.41, 5.74) is 1.42. The minimum absolute atomic E-state index is 0.226. The van der Waals surface area contributed by atoms with Gasteiger partial charge in [0.2, 0.25) is 0 Å². The molecule has 23 heavy (non-hydrogen) atoms. The van der Waals surface area contributed by atoms with E-state index in [0.717, 1.165) is 12.1 Å². The predicted molar refractivity (Wildman–Crippen MR) is 84.7 cm³/mol. The first kappa shape index (κ1) is 17.0. The molecular formula is C16H21FN4O2. The van der Waals surface area contributed by atoms with Crippen LogP contribution in [0.5, 0.6) is 0 Å². The quantitative estimate of drug-likeness (QED) is 0.730. The number of halogens is 1. The smallest absolute Gasteiger partial charge is 0.315 e. The first-order valence-corrected chi connectivity index (χ1v) is 7.58. The largest absolute Gasteiger partial charge is 0.391 e. The second-order valence-electron chi connectivity index (χ2n) is 5.23.